The van der Waals surface area contributed by atoms with Crippen LogP contribution in [0.4, 0.5) is 0 Å². The molecule has 1 aromatic heterocycles. The van der Waals surface area contributed by atoms with Gasteiger partial charge in [0, 0.05) is 5.02 Å². The van der Waals surface area contributed by atoms with Crippen molar-refractivity contribution in [2.45, 2.75) is 52.7 Å². The average Bonchev–Trinajstić information content (AvgIpc) is 2.98. The first-order chi connectivity index (χ1) is 10.8. The lowest BCUT2D eigenvalue weighted by Gasteiger charge is -2.41. The monoisotopic (exact) mass is 367 g/mol. The summed E-state index contributed by atoms with van der Waals surface area (Å²) in [4.78, 5) is 4.05. The Morgan fingerprint density at radius 3 is 2.62 bits per heavy atom. The fraction of sp³-hybridized carbons (Fsp3) is 0.556. The first-order valence-corrected chi connectivity index (χ1v) is 8.67. The molecule has 0 amide bonds. The number of nitrogens with one attached hydrogen (secondary N) is 1. The van der Waals surface area contributed by atoms with Gasteiger partial charge in [0.25, 0.3) is 0 Å². The fourth-order valence-electron chi connectivity index (χ4n) is 3.69. The largest absolute Gasteiger partial charge is 0.387 e. The lowest BCUT2D eigenvalue weighted by atomic mass is 9.72. The maximum atomic E-state index is 11.5. The van der Waals surface area contributed by atoms with Gasteiger partial charge in [-0.1, -0.05) is 45.0 Å². The third kappa shape index (κ3) is 3.44. The molecule has 3 rings (SSSR count). The lowest BCUT2D eigenvalue weighted by Crippen LogP contribution is -2.49. The maximum absolute atomic E-state index is 11.5. The van der Waals surface area contributed by atoms with Crippen molar-refractivity contribution in [2.24, 2.45) is 11.3 Å². The molecule has 132 valence electrons. The number of aromatic nitrogens is 3. The van der Waals surface area contributed by atoms with Crippen molar-refractivity contribution in [3.63, 3.8) is 0 Å². The molecule has 1 heterocycles. The van der Waals surface area contributed by atoms with Crippen molar-refractivity contribution in [3.05, 3.63) is 45.9 Å². The van der Waals surface area contributed by atoms with Gasteiger partial charge in [0.1, 0.15) is 6.33 Å². The van der Waals surface area contributed by atoms with Gasteiger partial charge < -0.3 is 5.11 Å². The maximum Gasteiger partial charge on any atom is 0.215 e. The van der Waals surface area contributed by atoms with E-state index in [9.17, 15) is 5.11 Å². The molecule has 6 heteroatoms. The van der Waals surface area contributed by atoms with Crippen LogP contribution in [0, 0.1) is 16.1 Å². The van der Waals surface area contributed by atoms with Crippen LogP contribution in [-0.4, -0.2) is 25.5 Å². The Labute approximate surface area is 153 Å². The molecule has 0 bridgehead atoms. The van der Waals surface area contributed by atoms with Crippen molar-refractivity contribution >= 4 is 23.8 Å². The normalized spacial score (nSPS) is 25.4. The molecule has 0 aliphatic heterocycles. The number of hydrogen-bond donors (Lipinski definition) is 2. The molecule has 0 spiro atoms. The van der Waals surface area contributed by atoms with Gasteiger partial charge >= 0.3 is 0 Å². The minimum Gasteiger partial charge on any atom is -0.387 e. The Morgan fingerprint density at radius 2 is 2.04 bits per heavy atom. The number of H-pyrrole nitrogens is 1. The summed E-state index contributed by atoms with van der Waals surface area (Å²) in [6, 6.07) is 7.88. The second-order valence-electron chi connectivity index (χ2n) is 7.13. The zero-order valence-electron chi connectivity index (χ0n) is 13.4. The summed E-state index contributed by atoms with van der Waals surface area (Å²) >= 11 is 11.2. The molecule has 1 aromatic carbocycles. The van der Waals surface area contributed by atoms with E-state index in [0.717, 1.165) is 24.3 Å². The first kappa shape index (κ1) is 19.2. The molecule has 4 nitrogen and oxygen atoms in total. The van der Waals surface area contributed by atoms with Crippen molar-refractivity contribution in [1.29, 1.82) is 0 Å². The topological polar surface area (TPSA) is 53.8 Å². The number of nitrogens with zero attached hydrogens (tertiary/aromatic N) is 2. The summed E-state index contributed by atoms with van der Waals surface area (Å²) in [5.74, 6) is 0.170. The molecule has 1 aliphatic carbocycles. The molecule has 0 radical (unpaired) electrons. The lowest BCUT2D eigenvalue weighted by molar-refractivity contribution is -0.0909. The first-order valence-electron chi connectivity index (χ1n) is 7.89. The Hall–Kier alpha value is -1.17. The van der Waals surface area contributed by atoms with Crippen LogP contribution >= 0.6 is 23.8 Å². The van der Waals surface area contributed by atoms with E-state index in [2.05, 4.69) is 23.9 Å². The standard InChI is InChI=1S/C17H22ClN3OS.CH4/c1-16(2)8-7-13(9-12-3-5-14(18)6-4-12)17(16,22)10-21-15(23)19-11-20-21;/h3-6,11,13,22H,7-10H2,1-2H3,(H,19,20,23);1H4. The molecule has 1 saturated carbocycles. The van der Waals surface area contributed by atoms with Crippen molar-refractivity contribution in [3.8, 4) is 0 Å². The molecular weight excluding hydrogens is 342 g/mol. The van der Waals surface area contributed by atoms with Gasteiger partial charge in [0.2, 0.25) is 4.77 Å². The Bertz CT molecular complexity index is 737. The number of hydrogen-bond acceptors (Lipinski definition) is 3. The van der Waals surface area contributed by atoms with Crippen LogP contribution in [0.25, 0.3) is 0 Å². The van der Waals surface area contributed by atoms with Gasteiger partial charge in [-0.3, -0.25) is 9.78 Å². The molecule has 1 fully saturated rings. The highest BCUT2D eigenvalue weighted by Crippen LogP contribution is 2.51. The van der Waals surface area contributed by atoms with Crippen LogP contribution in [0.3, 0.4) is 0 Å². The van der Waals surface area contributed by atoms with Crippen LogP contribution in [-0.2, 0) is 13.0 Å². The average molecular weight is 368 g/mol. The number of aliphatic hydroxyl groups is 1. The molecular formula is C18H26ClN3OS. The van der Waals surface area contributed by atoms with E-state index in [-0.39, 0.29) is 18.8 Å². The van der Waals surface area contributed by atoms with Gasteiger partial charge in [-0.2, -0.15) is 0 Å². The second kappa shape index (κ2) is 6.98. The zero-order chi connectivity index (χ0) is 16.7. The van der Waals surface area contributed by atoms with E-state index in [4.69, 9.17) is 23.8 Å². The fourth-order valence-corrected chi connectivity index (χ4v) is 3.99. The smallest absolute Gasteiger partial charge is 0.215 e. The van der Waals surface area contributed by atoms with Gasteiger partial charge in [0.15, 0.2) is 0 Å². The van der Waals surface area contributed by atoms with Crippen LogP contribution < -0.4 is 0 Å². The number of benzene rings is 1. The van der Waals surface area contributed by atoms with Crippen molar-refractivity contribution < 1.29 is 5.11 Å². The third-order valence-electron chi connectivity index (χ3n) is 5.38. The molecule has 2 unspecified atom stereocenters. The molecule has 2 N–H and O–H groups in total. The van der Waals surface area contributed by atoms with E-state index in [1.807, 2.05) is 24.3 Å². The van der Waals surface area contributed by atoms with Gasteiger partial charge in [-0.15, -0.1) is 0 Å². The quantitative estimate of drug-likeness (QED) is 0.774. The summed E-state index contributed by atoms with van der Waals surface area (Å²) in [5.41, 5.74) is 0.185. The van der Waals surface area contributed by atoms with Crippen molar-refractivity contribution in [2.75, 3.05) is 0 Å². The summed E-state index contributed by atoms with van der Waals surface area (Å²) in [7, 11) is 0. The highest BCUT2D eigenvalue weighted by atomic mass is 35.5. The van der Waals surface area contributed by atoms with E-state index >= 15 is 0 Å². The predicted octanol–water partition coefficient (Wildman–Crippen LogP) is 4.64. The molecule has 0 saturated heterocycles. The number of halogens is 1. The van der Waals surface area contributed by atoms with Gasteiger partial charge in [-0.25, -0.2) is 4.98 Å². The van der Waals surface area contributed by atoms with Crippen LogP contribution in [0.5, 0.6) is 0 Å². The zero-order valence-corrected chi connectivity index (χ0v) is 15.0. The van der Waals surface area contributed by atoms with E-state index in [1.165, 1.54) is 5.56 Å². The van der Waals surface area contributed by atoms with E-state index in [1.54, 1.807) is 11.0 Å². The van der Waals surface area contributed by atoms with Crippen molar-refractivity contribution in [1.82, 2.24) is 14.8 Å². The number of rotatable bonds is 4. The second-order valence-corrected chi connectivity index (χ2v) is 7.93. The highest BCUT2D eigenvalue weighted by molar-refractivity contribution is 7.71. The molecule has 2 atom stereocenters. The molecule has 2 aromatic rings. The van der Waals surface area contributed by atoms with Crippen LogP contribution in [0.1, 0.15) is 39.7 Å². The summed E-state index contributed by atoms with van der Waals surface area (Å²) < 4.78 is 2.24. The third-order valence-corrected chi connectivity index (χ3v) is 5.96. The Balaban J connectivity index is 0.00000208. The van der Waals surface area contributed by atoms with Gasteiger partial charge in [0.05, 0.1) is 12.1 Å². The number of aromatic amines is 1. The molecule has 24 heavy (non-hydrogen) atoms. The summed E-state index contributed by atoms with van der Waals surface area (Å²) in [6.07, 6.45) is 4.39. The highest BCUT2D eigenvalue weighted by Gasteiger charge is 2.54. The predicted molar refractivity (Wildman–Crippen MR) is 101 cm³/mol. The Kier molecular flexibility index (Phi) is 5.57. The van der Waals surface area contributed by atoms with Crippen LogP contribution in [0.2, 0.25) is 5.02 Å². The molecule has 1 aliphatic rings. The van der Waals surface area contributed by atoms with Crippen LogP contribution in [0.15, 0.2) is 30.6 Å². The summed E-state index contributed by atoms with van der Waals surface area (Å²) in [6.45, 7) is 4.71. The minimum absolute atomic E-state index is 0. The Morgan fingerprint density at radius 1 is 1.38 bits per heavy atom. The summed E-state index contributed by atoms with van der Waals surface area (Å²) in [5, 5.41) is 15.3. The minimum atomic E-state index is -0.836. The van der Waals surface area contributed by atoms with E-state index in [0.29, 0.717) is 11.3 Å². The van der Waals surface area contributed by atoms with Gasteiger partial charge in [-0.05, 0) is 60.5 Å². The van der Waals surface area contributed by atoms with E-state index < -0.39 is 5.60 Å². The SMILES string of the molecule is C.CC1(C)CCC(Cc2ccc(Cl)cc2)C1(O)Cn1[nH]cnc1=S.